The summed E-state index contributed by atoms with van der Waals surface area (Å²) < 4.78 is 61.4. The molecule has 1 aliphatic rings. The minimum atomic E-state index is -4.57. The highest BCUT2D eigenvalue weighted by Gasteiger charge is 2.34. The molecule has 0 saturated carbocycles. The van der Waals surface area contributed by atoms with Crippen molar-refractivity contribution in [3.05, 3.63) is 89.0 Å². The van der Waals surface area contributed by atoms with Gasteiger partial charge in [0, 0.05) is 50.0 Å². The molecule has 1 fully saturated rings. The Hall–Kier alpha value is -4.09. The number of fused-ring (bicyclic) bond motifs is 1. The van der Waals surface area contributed by atoms with E-state index in [0.717, 1.165) is 19.2 Å². The Morgan fingerprint density at radius 1 is 1.00 bits per heavy atom. The van der Waals surface area contributed by atoms with Crippen LogP contribution in [0.3, 0.4) is 0 Å². The first-order valence-electron chi connectivity index (χ1n) is 12.7. The zero-order valence-electron chi connectivity index (χ0n) is 21.9. The first kappa shape index (κ1) is 27.5. The van der Waals surface area contributed by atoms with Crippen LogP contribution in [0.1, 0.15) is 27.0 Å². The van der Waals surface area contributed by atoms with Crippen molar-refractivity contribution in [3.63, 3.8) is 0 Å². The fraction of sp³-hybridized carbons (Fsp3) is 0.276. The molecule has 0 unspecified atom stereocenters. The van der Waals surface area contributed by atoms with Crippen LogP contribution in [0.2, 0.25) is 0 Å². The largest absolute Gasteiger partial charge is 0.438 e. The van der Waals surface area contributed by atoms with E-state index in [1.807, 2.05) is 11.9 Å². The third kappa shape index (κ3) is 6.21. The molecule has 1 aromatic heterocycles. The topological polar surface area (TPSA) is 70.6 Å². The van der Waals surface area contributed by atoms with Crippen molar-refractivity contribution in [1.29, 1.82) is 0 Å². The number of benzene rings is 3. The number of piperazine rings is 1. The van der Waals surface area contributed by atoms with E-state index in [2.05, 4.69) is 20.2 Å². The molecule has 2 heterocycles. The van der Waals surface area contributed by atoms with Gasteiger partial charge >= 0.3 is 6.18 Å². The van der Waals surface area contributed by atoms with Crippen LogP contribution in [0.25, 0.3) is 10.9 Å². The van der Waals surface area contributed by atoms with Gasteiger partial charge < -0.3 is 15.0 Å². The van der Waals surface area contributed by atoms with Crippen LogP contribution in [0.4, 0.5) is 23.2 Å². The molecule has 0 atom stereocenters. The van der Waals surface area contributed by atoms with Crippen LogP contribution < -0.4 is 10.1 Å². The zero-order chi connectivity index (χ0) is 28.4. The number of amides is 1. The van der Waals surface area contributed by atoms with Gasteiger partial charge in [0.25, 0.3) is 5.91 Å². The van der Waals surface area contributed by atoms with Gasteiger partial charge in [-0.1, -0.05) is 12.1 Å². The molecule has 0 spiro atoms. The average molecular weight is 554 g/mol. The maximum Gasteiger partial charge on any atom is 0.416 e. The van der Waals surface area contributed by atoms with E-state index in [4.69, 9.17) is 4.74 Å². The molecule has 1 saturated heterocycles. The second kappa shape index (κ2) is 11.2. The van der Waals surface area contributed by atoms with Crippen molar-refractivity contribution in [3.8, 4) is 11.6 Å². The second-order valence-electron chi connectivity index (χ2n) is 9.83. The van der Waals surface area contributed by atoms with Gasteiger partial charge in [0.05, 0.1) is 16.5 Å². The fourth-order valence-electron chi connectivity index (χ4n) is 4.55. The van der Waals surface area contributed by atoms with Gasteiger partial charge in [-0.2, -0.15) is 13.2 Å². The lowest BCUT2D eigenvalue weighted by Gasteiger charge is -2.33. The molecular formula is C29H27F4N5O2. The van der Waals surface area contributed by atoms with E-state index in [1.165, 1.54) is 42.7 Å². The van der Waals surface area contributed by atoms with Crippen LogP contribution in [0.15, 0.2) is 60.9 Å². The predicted molar refractivity (Wildman–Crippen MR) is 143 cm³/mol. The van der Waals surface area contributed by atoms with E-state index >= 15 is 0 Å². The van der Waals surface area contributed by atoms with Crippen molar-refractivity contribution >= 4 is 22.5 Å². The van der Waals surface area contributed by atoms with Crippen molar-refractivity contribution in [2.45, 2.75) is 19.6 Å². The summed E-state index contributed by atoms with van der Waals surface area (Å²) in [6, 6.07) is 12.6. The number of carbonyl (C=O) groups is 1. The fourth-order valence-corrected chi connectivity index (χ4v) is 4.55. The zero-order valence-corrected chi connectivity index (χ0v) is 21.9. The molecule has 0 radical (unpaired) electrons. The van der Waals surface area contributed by atoms with Crippen molar-refractivity contribution in [2.75, 3.05) is 38.5 Å². The molecule has 1 N–H and O–H groups in total. The predicted octanol–water partition coefficient (Wildman–Crippen LogP) is 5.89. The number of halogens is 4. The van der Waals surface area contributed by atoms with Gasteiger partial charge in [-0.15, -0.1) is 0 Å². The molecule has 1 amide bonds. The summed E-state index contributed by atoms with van der Waals surface area (Å²) in [6.07, 6.45) is -3.33. The number of aromatic nitrogens is 2. The maximum absolute atomic E-state index is 14.0. The number of carbonyl (C=O) groups excluding carboxylic acids is 1. The Morgan fingerprint density at radius 2 is 1.77 bits per heavy atom. The lowest BCUT2D eigenvalue weighted by atomic mass is 10.0. The van der Waals surface area contributed by atoms with Crippen molar-refractivity contribution in [1.82, 2.24) is 19.8 Å². The number of nitrogens with zero attached hydrogens (tertiary/aromatic N) is 4. The first-order chi connectivity index (χ1) is 19.1. The van der Waals surface area contributed by atoms with Gasteiger partial charge in [-0.25, -0.2) is 14.4 Å². The van der Waals surface area contributed by atoms with Crippen LogP contribution in [0.5, 0.6) is 11.6 Å². The van der Waals surface area contributed by atoms with E-state index in [-0.39, 0.29) is 29.2 Å². The third-order valence-corrected chi connectivity index (χ3v) is 6.88. The second-order valence-corrected chi connectivity index (χ2v) is 9.83. The average Bonchev–Trinajstić information content (AvgIpc) is 2.91. The number of rotatable bonds is 6. The Labute approximate surface area is 228 Å². The lowest BCUT2D eigenvalue weighted by molar-refractivity contribution is -0.138. The van der Waals surface area contributed by atoms with E-state index in [0.29, 0.717) is 35.3 Å². The lowest BCUT2D eigenvalue weighted by Crippen LogP contribution is -2.44. The van der Waals surface area contributed by atoms with Gasteiger partial charge in [-0.05, 0) is 61.5 Å². The molecule has 7 nitrogen and oxygen atoms in total. The van der Waals surface area contributed by atoms with Crippen molar-refractivity contribution < 1.29 is 27.1 Å². The van der Waals surface area contributed by atoms with Crippen molar-refractivity contribution in [2.24, 2.45) is 0 Å². The quantitative estimate of drug-likeness (QED) is 0.301. The van der Waals surface area contributed by atoms with Crippen LogP contribution in [0, 0.1) is 12.7 Å². The van der Waals surface area contributed by atoms with Gasteiger partial charge in [-0.3, -0.25) is 9.69 Å². The standard InChI is InChI=1S/C29H27F4N5O2/c1-18-3-4-19(13-26(18)40-28-23-8-6-21(30)14-25(23)34-17-35-28)27(39)36-22-7-5-20(24(15-22)29(31,32)33)16-38-11-9-37(2)10-12-38/h3-8,13-15,17H,9-12,16H2,1-2H3,(H,36,39). The SMILES string of the molecule is Cc1ccc(C(=O)Nc2ccc(CN3CCN(C)CC3)c(C(F)(F)F)c2)cc1Oc1ncnc2cc(F)ccc12. The third-order valence-electron chi connectivity index (χ3n) is 6.88. The van der Waals surface area contributed by atoms with Crippen LogP contribution >= 0.6 is 0 Å². The molecular weight excluding hydrogens is 526 g/mol. The molecule has 1 aliphatic heterocycles. The highest BCUT2D eigenvalue weighted by atomic mass is 19.4. The summed E-state index contributed by atoms with van der Waals surface area (Å²) in [5.41, 5.74) is 0.653. The molecule has 3 aromatic carbocycles. The maximum atomic E-state index is 14.0. The number of ether oxygens (including phenoxy) is 1. The van der Waals surface area contributed by atoms with Gasteiger partial charge in [0.15, 0.2) is 0 Å². The summed E-state index contributed by atoms with van der Waals surface area (Å²) in [5.74, 6) is -0.556. The first-order valence-corrected chi connectivity index (χ1v) is 12.7. The Balaban J connectivity index is 1.36. The number of anilines is 1. The van der Waals surface area contributed by atoms with E-state index < -0.39 is 23.5 Å². The number of alkyl halides is 3. The summed E-state index contributed by atoms with van der Waals surface area (Å²) in [6.45, 7) is 4.92. The van der Waals surface area contributed by atoms with Crippen LogP contribution in [-0.2, 0) is 12.7 Å². The monoisotopic (exact) mass is 553 g/mol. The highest BCUT2D eigenvalue weighted by molar-refractivity contribution is 6.04. The summed E-state index contributed by atoms with van der Waals surface area (Å²) >= 11 is 0. The van der Waals surface area contributed by atoms with E-state index in [1.54, 1.807) is 19.1 Å². The summed E-state index contributed by atoms with van der Waals surface area (Å²) in [7, 11) is 1.99. The van der Waals surface area contributed by atoms with E-state index in [9.17, 15) is 22.4 Å². The molecule has 40 heavy (non-hydrogen) atoms. The molecule has 5 rings (SSSR count). The van der Waals surface area contributed by atoms with Gasteiger partial charge in [0.1, 0.15) is 17.9 Å². The van der Waals surface area contributed by atoms with Crippen LogP contribution in [-0.4, -0.2) is 58.9 Å². The normalized spacial score (nSPS) is 14.8. The Morgan fingerprint density at radius 3 is 2.52 bits per heavy atom. The minimum Gasteiger partial charge on any atom is -0.438 e. The minimum absolute atomic E-state index is 0.0336. The Bertz CT molecular complexity index is 1550. The smallest absolute Gasteiger partial charge is 0.416 e. The highest BCUT2D eigenvalue weighted by Crippen LogP contribution is 2.35. The number of hydrogen-bond acceptors (Lipinski definition) is 6. The summed E-state index contributed by atoms with van der Waals surface area (Å²) in [4.78, 5) is 25.4. The molecule has 0 bridgehead atoms. The number of hydrogen-bond donors (Lipinski definition) is 1. The van der Waals surface area contributed by atoms with Gasteiger partial charge in [0.2, 0.25) is 5.88 Å². The molecule has 0 aliphatic carbocycles. The summed E-state index contributed by atoms with van der Waals surface area (Å²) in [5, 5.41) is 3.05. The number of nitrogens with one attached hydrogen (secondary N) is 1. The molecule has 4 aromatic rings. The molecule has 208 valence electrons. The number of aryl methyl sites for hydroxylation is 1. The molecule has 11 heteroatoms. The Kier molecular flexibility index (Phi) is 7.68. The number of likely N-dealkylation sites (N-methyl/N-ethyl adjacent to an activating group) is 1.